The molecule has 0 aliphatic carbocycles. The fourth-order valence-corrected chi connectivity index (χ4v) is 5.15. The fraction of sp³-hybridized carbons (Fsp3) is 0.379. The first-order valence-corrected chi connectivity index (χ1v) is 13.5. The van der Waals surface area contributed by atoms with Gasteiger partial charge in [-0.25, -0.2) is 4.79 Å². The molecule has 0 saturated carbocycles. The number of aryl methyl sites for hydroxylation is 1. The van der Waals surface area contributed by atoms with E-state index in [2.05, 4.69) is 20.5 Å². The number of piperidine rings is 1. The summed E-state index contributed by atoms with van der Waals surface area (Å²) in [5, 5.41) is 6.01. The van der Waals surface area contributed by atoms with Crippen LogP contribution in [-0.2, 0) is 18.4 Å². The molecule has 3 aromatic rings. The summed E-state index contributed by atoms with van der Waals surface area (Å²) in [7, 11) is 1.86. The van der Waals surface area contributed by atoms with Gasteiger partial charge in [-0.05, 0) is 60.9 Å². The van der Waals surface area contributed by atoms with Crippen molar-refractivity contribution in [2.75, 3.05) is 49.5 Å². The Hall–Kier alpha value is -4.34. The van der Waals surface area contributed by atoms with E-state index in [1.54, 1.807) is 22.2 Å². The smallest absolute Gasteiger partial charge is 0.321 e. The number of aromatic nitrogens is 2. The molecule has 0 spiro atoms. The standard InChI is InChI=1S/C29H35N7O3/c1-33-13-3-5-26(33)28(38)35-16-18-36(19-17-35)29(39)32-24-6-8-25(9-7-24)34-14-10-23(11-15-34)27(37)31-21-22-4-2-12-30-20-22/h2-9,12-13,20,23H,10-11,14-19,21H2,1H3,(H,31,37)(H,32,39). The molecule has 0 atom stereocenters. The van der Waals surface area contributed by atoms with Crippen LogP contribution < -0.4 is 15.5 Å². The first kappa shape index (κ1) is 26.3. The van der Waals surface area contributed by atoms with Crippen LogP contribution in [-0.4, -0.2) is 76.5 Å². The zero-order valence-electron chi connectivity index (χ0n) is 22.3. The van der Waals surface area contributed by atoms with Gasteiger partial charge in [0.1, 0.15) is 5.69 Å². The van der Waals surface area contributed by atoms with Gasteiger partial charge in [0.15, 0.2) is 0 Å². The molecule has 4 amide bonds. The highest BCUT2D eigenvalue weighted by Crippen LogP contribution is 2.25. The van der Waals surface area contributed by atoms with Gasteiger partial charge in [0, 0.05) is 88.7 Å². The number of anilines is 2. The molecule has 0 bridgehead atoms. The van der Waals surface area contributed by atoms with E-state index in [-0.39, 0.29) is 23.8 Å². The fourth-order valence-electron chi connectivity index (χ4n) is 5.15. The zero-order chi connectivity index (χ0) is 27.2. The maximum absolute atomic E-state index is 12.8. The summed E-state index contributed by atoms with van der Waals surface area (Å²) in [6.45, 7) is 4.11. The summed E-state index contributed by atoms with van der Waals surface area (Å²) in [6, 6.07) is 15.2. The predicted octanol–water partition coefficient (Wildman–Crippen LogP) is 2.94. The number of pyridine rings is 1. The van der Waals surface area contributed by atoms with Crippen LogP contribution in [0.25, 0.3) is 0 Å². The highest BCUT2D eigenvalue weighted by Gasteiger charge is 2.27. The van der Waals surface area contributed by atoms with E-state index in [0.29, 0.717) is 38.4 Å². The van der Waals surface area contributed by atoms with E-state index >= 15 is 0 Å². The Labute approximate surface area is 228 Å². The van der Waals surface area contributed by atoms with Crippen molar-refractivity contribution in [3.63, 3.8) is 0 Å². The Morgan fingerprint density at radius 2 is 1.62 bits per heavy atom. The lowest BCUT2D eigenvalue weighted by Crippen LogP contribution is -2.51. The molecule has 39 heavy (non-hydrogen) atoms. The Bertz CT molecular complexity index is 1280. The van der Waals surface area contributed by atoms with Crippen molar-refractivity contribution in [3.8, 4) is 0 Å². The number of nitrogens with zero attached hydrogens (tertiary/aromatic N) is 5. The maximum Gasteiger partial charge on any atom is 0.321 e. The minimum absolute atomic E-state index is 0.00690. The zero-order valence-corrected chi connectivity index (χ0v) is 22.3. The molecule has 2 aromatic heterocycles. The molecule has 2 aliphatic rings. The van der Waals surface area contributed by atoms with Crippen molar-refractivity contribution in [2.45, 2.75) is 19.4 Å². The summed E-state index contributed by atoms with van der Waals surface area (Å²) >= 11 is 0. The predicted molar refractivity (Wildman–Crippen MR) is 149 cm³/mol. The third-order valence-electron chi connectivity index (χ3n) is 7.56. The van der Waals surface area contributed by atoms with Crippen LogP contribution in [0.5, 0.6) is 0 Å². The second-order valence-electron chi connectivity index (χ2n) is 10.1. The van der Waals surface area contributed by atoms with Gasteiger partial charge in [-0.2, -0.15) is 0 Å². The topological polar surface area (TPSA) is 103 Å². The summed E-state index contributed by atoms with van der Waals surface area (Å²) < 4.78 is 1.81. The minimum atomic E-state index is -0.160. The first-order valence-electron chi connectivity index (χ1n) is 13.5. The molecule has 5 rings (SSSR count). The number of rotatable bonds is 6. The molecular formula is C29H35N7O3. The second kappa shape index (κ2) is 12.0. The first-order chi connectivity index (χ1) is 19.0. The lowest BCUT2D eigenvalue weighted by atomic mass is 9.95. The van der Waals surface area contributed by atoms with Crippen LogP contribution >= 0.6 is 0 Å². The van der Waals surface area contributed by atoms with Crippen LogP contribution in [0.3, 0.4) is 0 Å². The van der Waals surface area contributed by atoms with Gasteiger partial charge >= 0.3 is 6.03 Å². The van der Waals surface area contributed by atoms with Gasteiger partial charge in [0.2, 0.25) is 5.91 Å². The number of hydrogen-bond acceptors (Lipinski definition) is 5. The highest BCUT2D eigenvalue weighted by molar-refractivity contribution is 5.93. The number of nitrogens with one attached hydrogen (secondary N) is 2. The molecule has 2 fully saturated rings. The van der Waals surface area contributed by atoms with Crippen LogP contribution in [0.1, 0.15) is 28.9 Å². The van der Waals surface area contributed by atoms with Crippen molar-refractivity contribution in [1.29, 1.82) is 0 Å². The molecule has 2 aliphatic heterocycles. The number of carbonyl (C=O) groups is 3. The lowest BCUT2D eigenvalue weighted by molar-refractivity contribution is -0.125. The molecule has 4 heterocycles. The third kappa shape index (κ3) is 6.39. The van der Waals surface area contributed by atoms with E-state index < -0.39 is 0 Å². The molecule has 10 nitrogen and oxygen atoms in total. The van der Waals surface area contributed by atoms with Gasteiger partial charge in [-0.15, -0.1) is 0 Å². The summed E-state index contributed by atoms with van der Waals surface area (Å²) in [6.07, 6.45) is 6.95. The number of hydrogen-bond donors (Lipinski definition) is 2. The van der Waals surface area contributed by atoms with Crippen LogP contribution in [0.4, 0.5) is 16.2 Å². The minimum Gasteiger partial charge on any atom is -0.371 e. The maximum atomic E-state index is 12.8. The van der Waals surface area contributed by atoms with Crippen molar-refractivity contribution >= 4 is 29.2 Å². The van der Waals surface area contributed by atoms with Crippen LogP contribution in [0, 0.1) is 5.92 Å². The second-order valence-corrected chi connectivity index (χ2v) is 10.1. The molecule has 1 aromatic carbocycles. The average Bonchev–Trinajstić information content (AvgIpc) is 3.42. The monoisotopic (exact) mass is 529 g/mol. The van der Waals surface area contributed by atoms with E-state index in [0.717, 1.165) is 42.9 Å². The number of carbonyl (C=O) groups excluding carboxylic acids is 3. The summed E-state index contributed by atoms with van der Waals surface area (Å²) in [5.74, 6) is 0.106. The van der Waals surface area contributed by atoms with E-state index in [1.807, 2.05) is 66.3 Å². The molecule has 0 radical (unpaired) electrons. The Kier molecular flexibility index (Phi) is 8.10. The van der Waals surface area contributed by atoms with E-state index in [1.165, 1.54) is 0 Å². The van der Waals surface area contributed by atoms with Crippen molar-refractivity contribution in [2.24, 2.45) is 13.0 Å². The molecular weight excluding hydrogens is 494 g/mol. The molecule has 204 valence electrons. The number of piperazine rings is 1. The summed E-state index contributed by atoms with van der Waals surface area (Å²) in [5.41, 5.74) is 3.46. The SMILES string of the molecule is Cn1cccc1C(=O)N1CCN(C(=O)Nc2ccc(N3CCC(C(=O)NCc4cccnc4)CC3)cc2)CC1. The normalized spacial score (nSPS) is 16.2. The van der Waals surface area contributed by atoms with Gasteiger partial charge in [0.05, 0.1) is 0 Å². The third-order valence-corrected chi connectivity index (χ3v) is 7.56. The molecule has 10 heteroatoms. The van der Waals surface area contributed by atoms with E-state index in [4.69, 9.17) is 0 Å². The van der Waals surface area contributed by atoms with Gasteiger partial charge < -0.3 is 29.9 Å². The Balaban J connectivity index is 1.05. The Morgan fingerprint density at radius 3 is 2.26 bits per heavy atom. The van der Waals surface area contributed by atoms with Gasteiger partial charge in [-0.1, -0.05) is 6.07 Å². The van der Waals surface area contributed by atoms with Gasteiger partial charge in [-0.3, -0.25) is 14.6 Å². The molecule has 0 unspecified atom stereocenters. The van der Waals surface area contributed by atoms with Crippen molar-refractivity contribution < 1.29 is 14.4 Å². The summed E-state index contributed by atoms with van der Waals surface area (Å²) in [4.78, 5) is 48.0. The quantitative estimate of drug-likeness (QED) is 0.511. The molecule has 2 saturated heterocycles. The number of urea groups is 1. The lowest BCUT2D eigenvalue weighted by Gasteiger charge is -2.35. The van der Waals surface area contributed by atoms with Crippen molar-refractivity contribution in [1.82, 2.24) is 24.7 Å². The average molecular weight is 530 g/mol. The molecule has 2 N–H and O–H groups in total. The number of amides is 4. The largest absolute Gasteiger partial charge is 0.371 e. The van der Waals surface area contributed by atoms with Crippen LogP contribution in [0.15, 0.2) is 67.1 Å². The van der Waals surface area contributed by atoms with Crippen molar-refractivity contribution in [3.05, 3.63) is 78.4 Å². The van der Waals surface area contributed by atoms with E-state index in [9.17, 15) is 14.4 Å². The van der Waals surface area contributed by atoms with Gasteiger partial charge in [0.25, 0.3) is 5.91 Å². The Morgan fingerprint density at radius 1 is 0.897 bits per heavy atom. The number of benzene rings is 1. The highest BCUT2D eigenvalue weighted by atomic mass is 16.2. The van der Waals surface area contributed by atoms with Crippen LogP contribution in [0.2, 0.25) is 0 Å².